The lowest BCUT2D eigenvalue weighted by Crippen LogP contribution is -2.55. The number of nitrogens with one attached hydrogen (secondary N) is 1. The monoisotopic (exact) mass is 247 g/mol. The molecule has 2 heterocycles. The maximum absolute atomic E-state index is 11.2. The third-order valence-electron chi connectivity index (χ3n) is 2.72. The lowest BCUT2D eigenvalue weighted by atomic mass is 10.0. The van der Waals surface area contributed by atoms with Gasteiger partial charge in [0.25, 0.3) is 0 Å². The number of ether oxygens (including phenoxy) is 2. The molecule has 0 aromatic rings. The highest BCUT2D eigenvalue weighted by molar-refractivity contribution is 5.93. The van der Waals surface area contributed by atoms with Crippen LogP contribution in [-0.2, 0) is 19.1 Å². The van der Waals surface area contributed by atoms with Crippen LogP contribution in [0.2, 0.25) is 0 Å². The first-order valence-corrected chi connectivity index (χ1v) is 5.14. The normalized spacial score (nSPS) is 39.3. The molecule has 96 valence electrons. The number of amides is 1. The minimum Gasteiger partial charge on any atom is -0.481 e. The van der Waals surface area contributed by atoms with Gasteiger partial charge in [0.1, 0.15) is 30.8 Å². The number of hydrogen-bond acceptors (Lipinski definition) is 6. The number of aliphatic hydroxyl groups is 2. The number of carboxylic acids is 1. The minimum absolute atomic E-state index is 0.284. The van der Waals surface area contributed by atoms with Gasteiger partial charge < -0.3 is 30.1 Å². The molecule has 0 aliphatic carbocycles. The predicted octanol–water partition coefficient (Wildman–Crippen LogP) is -2.58. The zero-order valence-corrected chi connectivity index (χ0v) is 8.78. The third kappa shape index (κ3) is 2.55. The van der Waals surface area contributed by atoms with Crippen molar-refractivity contribution in [3.63, 3.8) is 0 Å². The van der Waals surface area contributed by atoms with Gasteiger partial charge in [-0.15, -0.1) is 0 Å². The summed E-state index contributed by atoms with van der Waals surface area (Å²) in [5, 5.41) is 29.2. The number of fused-ring (bicyclic) bond motifs is 1. The Kier molecular flexibility index (Phi) is 3.29. The van der Waals surface area contributed by atoms with E-state index in [0.29, 0.717) is 0 Å². The number of carboxylic acid groups (broad SMARTS) is 1. The molecule has 0 bridgehead atoms. The van der Waals surface area contributed by atoms with Crippen molar-refractivity contribution in [2.45, 2.75) is 37.1 Å². The zero-order valence-electron chi connectivity index (χ0n) is 8.78. The van der Waals surface area contributed by atoms with Crippen LogP contribution in [0.15, 0.2) is 0 Å². The highest BCUT2D eigenvalue weighted by Gasteiger charge is 2.57. The maximum atomic E-state index is 11.2. The Labute approximate surface area is 96.1 Å². The largest absolute Gasteiger partial charge is 0.481 e. The van der Waals surface area contributed by atoms with E-state index in [9.17, 15) is 14.7 Å². The van der Waals surface area contributed by atoms with Gasteiger partial charge >= 0.3 is 5.97 Å². The molecule has 2 fully saturated rings. The van der Waals surface area contributed by atoms with Crippen molar-refractivity contribution in [3.8, 4) is 0 Å². The first-order chi connectivity index (χ1) is 8.02. The number of carbonyl (C=O) groups excluding carboxylic acids is 1. The Bertz CT molecular complexity index is 331. The highest BCUT2D eigenvalue weighted by atomic mass is 16.7. The van der Waals surface area contributed by atoms with E-state index in [0.717, 1.165) is 0 Å². The Morgan fingerprint density at radius 3 is 2.53 bits per heavy atom. The summed E-state index contributed by atoms with van der Waals surface area (Å²) in [5.74, 6) is -1.97. The summed E-state index contributed by atoms with van der Waals surface area (Å²) in [6, 6.07) is -0.797. The molecule has 0 saturated carbocycles. The second-order valence-electron chi connectivity index (χ2n) is 3.98. The van der Waals surface area contributed by atoms with Gasteiger partial charge in [0, 0.05) is 0 Å². The number of aliphatic hydroxyl groups excluding tert-OH is 2. The molecule has 4 N–H and O–H groups in total. The molecular weight excluding hydrogens is 234 g/mol. The van der Waals surface area contributed by atoms with Gasteiger partial charge in [-0.1, -0.05) is 0 Å². The van der Waals surface area contributed by atoms with E-state index in [-0.39, 0.29) is 12.7 Å². The molecule has 4 unspecified atom stereocenters. The lowest BCUT2D eigenvalue weighted by Gasteiger charge is -2.29. The maximum Gasteiger partial charge on any atom is 0.312 e. The lowest BCUT2D eigenvalue weighted by molar-refractivity contribution is -0.178. The van der Waals surface area contributed by atoms with Gasteiger partial charge in [0.15, 0.2) is 6.29 Å². The molecule has 0 spiro atoms. The van der Waals surface area contributed by atoms with Crippen molar-refractivity contribution in [1.82, 2.24) is 5.32 Å². The van der Waals surface area contributed by atoms with E-state index in [2.05, 4.69) is 5.32 Å². The van der Waals surface area contributed by atoms with Gasteiger partial charge in [-0.05, 0) is 0 Å². The van der Waals surface area contributed by atoms with Crippen LogP contribution in [0.5, 0.6) is 0 Å². The molecule has 0 aromatic heterocycles. The fourth-order valence-electron chi connectivity index (χ4n) is 1.90. The summed E-state index contributed by atoms with van der Waals surface area (Å²) in [5.41, 5.74) is 0. The molecule has 2 aliphatic rings. The summed E-state index contributed by atoms with van der Waals surface area (Å²) in [4.78, 5) is 21.5. The third-order valence-corrected chi connectivity index (χ3v) is 2.72. The molecular formula is C9H13NO7. The summed E-state index contributed by atoms with van der Waals surface area (Å²) in [7, 11) is 0. The van der Waals surface area contributed by atoms with E-state index in [1.807, 2.05) is 0 Å². The molecule has 8 nitrogen and oxygen atoms in total. The Balaban J connectivity index is 1.90. The van der Waals surface area contributed by atoms with E-state index in [4.69, 9.17) is 19.7 Å². The van der Waals surface area contributed by atoms with Crippen molar-refractivity contribution in [3.05, 3.63) is 0 Å². The summed E-state index contributed by atoms with van der Waals surface area (Å²) in [6.07, 6.45) is -3.40. The molecule has 8 heteroatoms. The van der Waals surface area contributed by atoms with E-state index >= 15 is 0 Å². The minimum atomic E-state index is -1.31. The second kappa shape index (κ2) is 4.57. The van der Waals surface area contributed by atoms with Crippen LogP contribution in [0.3, 0.4) is 0 Å². The van der Waals surface area contributed by atoms with Crippen LogP contribution >= 0.6 is 0 Å². The molecule has 0 aromatic carbocycles. The fraction of sp³-hybridized carbons (Fsp3) is 0.778. The van der Waals surface area contributed by atoms with Crippen LogP contribution in [0.1, 0.15) is 6.42 Å². The second-order valence-corrected chi connectivity index (χ2v) is 3.98. The van der Waals surface area contributed by atoms with Crippen molar-refractivity contribution < 1.29 is 34.4 Å². The fourth-order valence-corrected chi connectivity index (χ4v) is 1.90. The Morgan fingerprint density at radius 1 is 1.24 bits per heavy atom. The van der Waals surface area contributed by atoms with Crippen molar-refractivity contribution >= 4 is 11.9 Å². The smallest absolute Gasteiger partial charge is 0.312 e. The number of hydrogen-bond donors (Lipinski definition) is 4. The number of aliphatic carboxylic acids is 1. The average Bonchev–Trinajstić information content (AvgIpc) is 3.00. The van der Waals surface area contributed by atoms with E-state index in [1.165, 1.54) is 0 Å². The van der Waals surface area contributed by atoms with Crippen molar-refractivity contribution in [1.29, 1.82) is 0 Å². The predicted molar refractivity (Wildman–Crippen MR) is 50.8 cm³/mol. The van der Waals surface area contributed by atoms with Gasteiger partial charge in [0.05, 0.1) is 6.61 Å². The van der Waals surface area contributed by atoms with Crippen LogP contribution in [-0.4, -0.2) is 64.4 Å². The number of rotatable bonds is 4. The Hall–Kier alpha value is -1.22. The molecule has 0 radical (unpaired) electrons. The summed E-state index contributed by atoms with van der Waals surface area (Å²) >= 11 is 0. The van der Waals surface area contributed by atoms with Crippen LogP contribution < -0.4 is 5.32 Å². The van der Waals surface area contributed by atoms with Gasteiger partial charge in [0.2, 0.25) is 5.91 Å². The topological polar surface area (TPSA) is 129 Å². The molecule has 2 aliphatic heterocycles. The highest BCUT2D eigenvalue weighted by Crippen LogP contribution is 2.36. The summed E-state index contributed by atoms with van der Waals surface area (Å²) < 4.78 is 10.2. The molecule has 17 heavy (non-hydrogen) atoms. The number of carbonyl (C=O) groups is 2. The molecule has 1 amide bonds. The SMILES string of the molecule is O=C(O)CC(=O)NC1C(O)OC(CO)C2O[C@H]12. The van der Waals surface area contributed by atoms with E-state index < -0.39 is 42.8 Å². The van der Waals surface area contributed by atoms with Gasteiger partial charge in [-0.25, -0.2) is 0 Å². The molecule has 5 atom stereocenters. The molecule has 2 rings (SSSR count). The summed E-state index contributed by atoms with van der Waals surface area (Å²) in [6.45, 7) is -0.284. The zero-order chi connectivity index (χ0) is 12.6. The van der Waals surface area contributed by atoms with Gasteiger partial charge in [-0.3, -0.25) is 9.59 Å². The quantitative estimate of drug-likeness (QED) is 0.317. The van der Waals surface area contributed by atoms with Crippen LogP contribution in [0.25, 0.3) is 0 Å². The Morgan fingerprint density at radius 2 is 1.94 bits per heavy atom. The number of epoxide rings is 1. The first-order valence-electron chi connectivity index (χ1n) is 5.14. The van der Waals surface area contributed by atoms with Crippen LogP contribution in [0.4, 0.5) is 0 Å². The van der Waals surface area contributed by atoms with Crippen molar-refractivity contribution in [2.24, 2.45) is 0 Å². The average molecular weight is 247 g/mol. The standard InChI is InChI=1S/C9H13NO7/c11-2-3-7-8(17-7)6(9(15)16-3)10-4(12)1-5(13)14/h3,6-9,11,15H,1-2H2,(H,10,12)(H,13,14)/t3?,6?,7?,8-,9?/m1/s1. The van der Waals surface area contributed by atoms with Gasteiger partial charge in [-0.2, -0.15) is 0 Å². The van der Waals surface area contributed by atoms with Crippen LogP contribution in [0, 0.1) is 0 Å². The van der Waals surface area contributed by atoms with E-state index in [1.54, 1.807) is 0 Å². The van der Waals surface area contributed by atoms with Crippen molar-refractivity contribution in [2.75, 3.05) is 6.61 Å². The first kappa shape index (κ1) is 12.2. The molecule has 2 saturated heterocycles.